The van der Waals surface area contributed by atoms with Crippen LogP contribution in [0.4, 0.5) is 4.39 Å². The lowest BCUT2D eigenvalue weighted by atomic mass is 9.96. The van der Waals surface area contributed by atoms with Crippen molar-refractivity contribution in [1.29, 1.82) is 0 Å². The van der Waals surface area contributed by atoms with Gasteiger partial charge in [0.2, 0.25) is 5.91 Å². The molecule has 1 aromatic carbocycles. The van der Waals surface area contributed by atoms with E-state index in [1.165, 1.54) is 11.0 Å². The fourth-order valence-corrected chi connectivity index (χ4v) is 3.68. The van der Waals surface area contributed by atoms with Gasteiger partial charge in [0, 0.05) is 18.7 Å². The minimum absolute atomic E-state index is 0.132. The van der Waals surface area contributed by atoms with Gasteiger partial charge in [-0.15, -0.1) is 0 Å². The first-order valence-corrected chi connectivity index (χ1v) is 8.90. The van der Waals surface area contributed by atoms with Gasteiger partial charge in [-0.1, -0.05) is 6.07 Å². The Morgan fingerprint density at radius 1 is 1.41 bits per heavy atom. The number of quaternary nitrogens is 1. The lowest BCUT2D eigenvalue weighted by Gasteiger charge is -2.32. The summed E-state index contributed by atoms with van der Waals surface area (Å²) in [5.41, 5.74) is 1.11. The zero-order valence-electron chi connectivity index (χ0n) is 13.4. The largest absolute Gasteiger partial charge is 0.343 e. The Labute approximate surface area is 140 Å². The van der Waals surface area contributed by atoms with Crippen molar-refractivity contribution in [3.63, 3.8) is 0 Å². The number of nitrogens with one attached hydrogen (secondary N) is 1. The van der Waals surface area contributed by atoms with Gasteiger partial charge in [0.05, 0.1) is 23.5 Å². The molecule has 3 nitrogen and oxygen atoms in total. The fraction of sp³-hybridized carbons (Fsp3) is 0.588. The Kier molecular flexibility index (Phi) is 6.38. The van der Waals surface area contributed by atoms with E-state index in [2.05, 4.69) is 15.9 Å². The van der Waals surface area contributed by atoms with Crippen molar-refractivity contribution >= 4 is 21.8 Å². The summed E-state index contributed by atoms with van der Waals surface area (Å²) >= 11 is 3.24. The van der Waals surface area contributed by atoms with Gasteiger partial charge in [-0.3, -0.25) is 4.79 Å². The summed E-state index contributed by atoms with van der Waals surface area (Å²) in [6.45, 7) is 8.44. The molecule has 1 unspecified atom stereocenters. The van der Waals surface area contributed by atoms with Gasteiger partial charge in [0.15, 0.2) is 0 Å². The molecule has 2 rings (SSSR count). The van der Waals surface area contributed by atoms with Crippen molar-refractivity contribution in [2.45, 2.75) is 33.2 Å². The van der Waals surface area contributed by atoms with Crippen LogP contribution in [-0.2, 0) is 11.3 Å². The van der Waals surface area contributed by atoms with Crippen LogP contribution in [0.15, 0.2) is 22.7 Å². The molecule has 1 aliphatic heterocycles. The van der Waals surface area contributed by atoms with Crippen LogP contribution in [0, 0.1) is 11.7 Å². The van der Waals surface area contributed by atoms with E-state index in [1.807, 2.05) is 30.9 Å². The standard InChI is InChI=1S/C17H24BrFN2O/c1-3-21(4-2)17(22)14-6-5-9-20(12-14)11-13-7-8-16(19)15(18)10-13/h7-8,10,14H,3-6,9,11-12H2,1-2H3/p+1/t14-/m0/s1. The molecule has 122 valence electrons. The zero-order chi connectivity index (χ0) is 16.1. The summed E-state index contributed by atoms with van der Waals surface area (Å²) in [6.07, 6.45) is 2.07. The SMILES string of the molecule is CCN(CC)C(=O)[C@H]1CCC[NH+](Cc2ccc(F)c(Br)c2)C1. The summed E-state index contributed by atoms with van der Waals surface area (Å²) in [5.74, 6) is 0.196. The Morgan fingerprint density at radius 3 is 2.77 bits per heavy atom. The molecule has 22 heavy (non-hydrogen) atoms. The highest BCUT2D eigenvalue weighted by molar-refractivity contribution is 9.10. The number of halogens is 2. The van der Waals surface area contributed by atoms with Gasteiger partial charge in [0.1, 0.15) is 12.4 Å². The summed E-state index contributed by atoms with van der Waals surface area (Å²) in [7, 11) is 0. The number of nitrogens with zero attached hydrogens (tertiary/aromatic N) is 1. The molecule has 0 bridgehead atoms. The van der Waals surface area contributed by atoms with E-state index in [9.17, 15) is 9.18 Å². The van der Waals surface area contributed by atoms with Crippen LogP contribution < -0.4 is 4.90 Å². The lowest BCUT2D eigenvalue weighted by Crippen LogP contribution is -3.12. The molecule has 1 fully saturated rings. The van der Waals surface area contributed by atoms with E-state index in [0.29, 0.717) is 10.4 Å². The molecule has 1 amide bonds. The normalized spacial score (nSPS) is 21.6. The predicted molar refractivity (Wildman–Crippen MR) is 89.2 cm³/mol. The smallest absolute Gasteiger partial charge is 0.231 e. The maximum absolute atomic E-state index is 13.3. The number of hydrogen-bond donors (Lipinski definition) is 1. The van der Waals surface area contributed by atoms with E-state index in [-0.39, 0.29) is 11.7 Å². The third-order valence-corrected chi connectivity index (χ3v) is 5.09. The highest BCUT2D eigenvalue weighted by atomic mass is 79.9. The molecule has 0 aliphatic carbocycles. The second-order valence-electron chi connectivity index (χ2n) is 5.98. The number of hydrogen-bond acceptors (Lipinski definition) is 1. The highest BCUT2D eigenvalue weighted by Gasteiger charge is 2.30. The third kappa shape index (κ3) is 4.29. The van der Waals surface area contributed by atoms with Crippen LogP contribution in [0.1, 0.15) is 32.3 Å². The zero-order valence-corrected chi connectivity index (χ0v) is 15.0. The summed E-state index contributed by atoms with van der Waals surface area (Å²) < 4.78 is 13.8. The van der Waals surface area contributed by atoms with E-state index in [0.717, 1.165) is 51.1 Å². The van der Waals surface area contributed by atoms with Crippen LogP contribution in [-0.4, -0.2) is 37.0 Å². The topological polar surface area (TPSA) is 24.8 Å². The summed E-state index contributed by atoms with van der Waals surface area (Å²) in [5, 5.41) is 0. The minimum Gasteiger partial charge on any atom is -0.343 e. The number of carbonyl (C=O) groups is 1. The van der Waals surface area contributed by atoms with Crippen LogP contribution in [0.2, 0.25) is 0 Å². The van der Waals surface area contributed by atoms with Crippen molar-refractivity contribution in [3.8, 4) is 0 Å². The molecule has 0 aromatic heterocycles. The first-order valence-electron chi connectivity index (χ1n) is 8.11. The molecule has 0 saturated carbocycles. The van der Waals surface area contributed by atoms with Crippen molar-refractivity contribution in [3.05, 3.63) is 34.1 Å². The van der Waals surface area contributed by atoms with E-state index < -0.39 is 0 Å². The van der Waals surface area contributed by atoms with E-state index in [4.69, 9.17) is 0 Å². The number of carbonyl (C=O) groups excluding carboxylic acids is 1. The van der Waals surface area contributed by atoms with Crippen molar-refractivity contribution in [1.82, 2.24) is 4.90 Å². The first kappa shape index (κ1) is 17.4. The molecule has 1 heterocycles. The summed E-state index contributed by atoms with van der Waals surface area (Å²) in [6, 6.07) is 5.18. The molecule has 1 aromatic rings. The van der Waals surface area contributed by atoms with E-state index >= 15 is 0 Å². The first-order chi connectivity index (χ1) is 10.5. The Morgan fingerprint density at radius 2 is 2.14 bits per heavy atom. The number of piperidine rings is 1. The van der Waals surface area contributed by atoms with Gasteiger partial charge in [-0.05, 0) is 54.8 Å². The van der Waals surface area contributed by atoms with Crippen molar-refractivity contribution in [2.75, 3.05) is 26.2 Å². The number of rotatable bonds is 5. The molecule has 2 atom stereocenters. The average molecular weight is 372 g/mol. The fourth-order valence-electron chi connectivity index (χ4n) is 3.25. The molecular formula is C17H25BrFN2O+. The van der Waals surface area contributed by atoms with Crippen LogP contribution >= 0.6 is 15.9 Å². The third-order valence-electron chi connectivity index (χ3n) is 4.48. The minimum atomic E-state index is -0.230. The number of amides is 1. The molecule has 1 saturated heterocycles. The van der Waals surface area contributed by atoms with Crippen molar-refractivity contribution < 1.29 is 14.1 Å². The molecule has 1 N–H and O–H groups in total. The monoisotopic (exact) mass is 371 g/mol. The Hall–Kier alpha value is -0.940. The van der Waals surface area contributed by atoms with Gasteiger partial charge >= 0.3 is 0 Å². The van der Waals surface area contributed by atoms with Gasteiger partial charge in [-0.25, -0.2) is 4.39 Å². The highest BCUT2D eigenvalue weighted by Crippen LogP contribution is 2.17. The second kappa shape index (κ2) is 8.06. The van der Waals surface area contributed by atoms with Gasteiger partial charge in [-0.2, -0.15) is 0 Å². The lowest BCUT2D eigenvalue weighted by molar-refractivity contribution is -0.921. The quantitative estimate of drug-likeness (QED) is 0.843. The van der Waals surface area contributed by atoms with Gasteiger partial charge in [0.25, 0.3) is 0 Å². The molecule has 0 radical (unpaired) electrons. The number of benzene rings is 1. The Balaban J connectivity index is 1.98. The molecule has 5 heteroatoms. The maximum Gasteiger partial charge on any atom is 0.231 e. The average Bonchev–Trinajstić information content (AvgIpc) is 2.52. The predicted octanol–water partition coefficient (Wildman–Crippen LogP) is 2.25. The van der Waals surface area contributed by atoms with Gasteiger partial charge < -0.3 is 9.80 Å². The van der Waals surface area contributed by atoms with Crippen LogP contribution in [0.3, 0.4) is 0 Å². The van der Waals surface area contributed by atoms with Crippen molar-refractivity contribution in [2.24, 2.45) is 5.92 Å². The maximum atomic E-state index is 13.3. The number of likely N-dealkylation sites (tertiary alicyclic amines) is 1. The van der Waals surface area contributed by atoms with Crippen LogP contribution in [0.25, 0.3) is 0 Å². The molecule has 1 aliphatic rings. The van der Waals surface area contributed by atoms with Crippen LogP contribution in [0.5, 0.6) is 0 Å². The molecular weight excluding hydrogens is 347 g/mol. The second-order valence-corrected chi connectivity index (χ2v) is 6.83. The van der Waals surface area contributed by atoms with E-state index in [1.54, 1.807) is 0 Å². The summed E-state index contributed by atoms with van der Waals surface area (Å²) in [4.78, 5) is 15.9. The molecule has 0 spiro atoms. The Bertz CT molecular complexity index is 519.